The Bertz CT molecular complexity index is 479. The van der Waals surface area contributed by atoms with Crippen molar-refractivity contribution in [2.24, 2.45) is 4.99 Å². The van der Waals surface area contributed by atoms with E-state index in [2.05, 4.69) is 43.7 Å². The minimum Gasteiger partial charge on any atom is -0.379 e. The molecule has 0 amide bonds. The second kappa shape index (κ2) is 12.9. The van der Waals surface area contributed by atoms with Gasteiger partial charge in [-0.3, -0.25) is 4.99 Å². The summed E-state index contributed by atoms with van der Waals surface area (Å²) in [5.41, 5.74) is 1.22. The van der Waals surface area contributed by atoms with Gasteiger partial charge in [-0.1, -0.05) is 28.1 Å². The van der Waals surface area contributed by atoms with Crippen LogP contribution >= 0.6 is 39.9 Å². The third-order valence-corrected chi connectivity index (χ3v) is 4.21. The molecule has 7 heteroatoms. The summed E-state index contributed by atoms with van der Waals surface area (Å²) in [6.45, 7) is 3.94. The van der Waals surface area contributed by atoms with Crippen molar-refractivity contribution >= 4 is 45.9 Å². The zero-order valence-corrected chi connectivity index (χ0v) is 18.0. The maximum atomic E-state index is 5.64. The number of rotatable bonds is 8. The van der Waals surface area contributed by atoms with E-state index in [1.165, 1.54) is 5.56 Å². The lowest BCUT2D eigenvalue weighted by Gasteiger charge is -2.13. The molecule has 1 fully saturated rings. The number of benzene rings is 1. The normalized spacial score (nSPS) is 17.4. The number of nitrogens with one attached hydrogen (secondary N) is 2. The maximum absolute atomic E-state index is 5.64. The van der Waals surface area contributed by atoms with Crippen LogP contribution in [0.4, 0.5) is 0 Å². The number of hydrogen-bond acceptors (Lipinski definition) is 3. The summed E-state index contributed by atoms with van der Waals surface area (Å²) >= 11 is 3.44. The Morgan fingerprint density at radius 1 is 1.33 bits per heavy atom. The van der Waals surface area contributed by atoms with Gasteiger partial charge in [-0.2, -0.15) is 0 Å². The lowest BCUT2D eigenvalue weighted by Crippen LogP contribution is -2.37. The molecule has 2 N–H and O–H groups in total. The number of guanidine groups is 1. The third-order valence-electron chi connectivity index (χ3n) is 3.68. The van der Waals surface area contributed by atoms with Crippen LogP contribution in [0.25, 0.3) is 0 Å². The molecule has 0 aliphatic carbocycles. The van der Waals surface area contributed by atoms with Gasteiger partial charge in [0, 0.05) is 37.8 Å². The van der Waals surface area contributed by atoms with E-state index in [9.17, 15) is 0 Å². The van der Waals surface area contributed by atoms with Crippen molar-refractivity contribution in [3.63, 3.8) is 0 Å². The monoisotopic (exact) mass is 511 g/mol. The second-order valence-electron chi connectivity index (χ2n) is 5.54. The zero-order valence-electron chi connectivity index (χ0n) is 14.1. The molecule has 1 aromatic rings. The van der Waals surface area contributed by atoms with Crippen LogP contribution in [0.5, 0.6) is 0 Å². The molecule has 136 valence electrons. The fourth-order valence-corrected chi connectivity index (χ4v) is 2.64. The van der Waals surface area contributed by atoms with Gasteiger partial charge in [-0.05, 0) is 37.0 Å². The van der Waals surface area contributed by atoms with Gasteiger partial charge in [0.25, 0.3) is 0 Å². The number of aliphatic imine (C=N–C) groups is 1. The van der Waals surface area contributed by atoms with Crippen molar-refractivity contribution in [3.8, 4) is 0 Å². The quantitative estimate of drug-likeness (QED) is 0.243. The molecule has 0 bridgehead atoms. The average molecular weight is 512 g/mol. The molecule has 2 rings (SSSR count). The van der Waals surface area contributed by atoms with Crippen LogP contribution in [-0.2, 0) is 16.0 Å². The summed E-state index contributed by atoms with van der Waals surface area (Å²) < 4.78 is 12.3. The predicted octanol–water partition coefficient (Wildman–Crippen LogP) is 3.32. The Kier molecular flexibility index (Phi) is 11.7. The van der Waals surface area contributed by atoms with Gasteiger partial charge in [0.15, 0.2) is 5.96 Å². The molecule has 1 atom stereocenters. The summed E-state index contributed by atoms with van der Waals surface area (Å²) in [4.78, 5) is 4.23. The minimum atomic E-state index is 0. The van der Waals surface area contributed by atoms with E-state index in [0.717, 1.165) is 62.6 Å². The molecule has 0 radical (unpaired) electrons. The van der Waals surface area contributed by atoms with Crippen LogP contribution in [0.3, 0.4) is 0 Å². The molecule has 24 heavy (non-hydrogen) atoms. The number of nitrogens with zero attached hydrogens (tertiary/aromatic N) is 1. The van der Waals surface area contributed by atoms with Crippen LogP contribution in [0.2, 0.25) is 0 Å². The molecule has 0 saturated carbocycles. The van der Waals surface area contributed by atoms with Crippen molar-refractivity contribution in [3.05, 3.63) is 34.3 Å². The molecular weight excluding hydrogens is 485 g/mol. The first kappa shape index (κ1) is 21.7. The van der Waals surface area contributed by atoms with Crippen molar-refractivity contribution in [2.45, 2.75) is 31.9 Å². The largest absolute Gasteiger partial charge is 0.379 e. The van der Waals surface area contributed by atoms with Crippen LogP contribution < -0.4 is 10.6 Å². The van der Waals surface area contributed by atoms with Crippen LogP contribution in [-0.4, -0.2) is 45.5 Å². The summed E-state index contributed by atoms with van der Waals surface area (Å²) in [5.74, 6) is 0.812. The molecule has 1 aliphatic rings. The molecular formula is C17H27BrIN3O2. The average Bonchev–Trinajstić information content (AvgIpc) is 3.08. The highest BCUT2D eigenvalue weighted by Crippen LogP contribution is 2.12. The highest BCUT2D eigenvalue weighted by atomic mass is 127. The highest BCUT2D eigenvalue weighted by Gasteiger charge is 2.14. The highest BCUT2D eigenvalue weighted by molar-refractivity contribution is 14.0. The fourth-order valence-electron chi connectivity index (χ4n) is 2.38. The smallest absolute Gasteiger partial charge is 0.191 e. The number of ether oxygens (including phenoxy) is 2. The Labute approximate surface area is 170 Å². The van der Waals surface area contributed by atoms with Gasteiger partial charge in [-0.15, -0.1) is 24.0 Å². The van der Waals surface area contributed by atoms with Gasteiger partial charge in [-0.25, -0.2) is 0 Å². The maximum Gasteiger partial charge on any atom is 0.191 e. The van der Waals surface area contributed by atoms with E-state index in [1.807, 2.05) is 12.1 Å². The van der Waals surface area contributed by atoms with E-state index >= 15 is 0 Å². The van der Waals surface area contributed by atoms with E-state index in [1.54, 1.807) is 7.05 Å². The van der Waals surface area contributed by atoms with E-state index in [4.69, 9.17) is 9.47 Å². The first-order valence-corrected chi connectivity index (χ1v) is 8.95. The van der Waals surface area contributed by atoms with Gasteiger partial charge >= 0.3 is 0 Å². The number of halogens is 2. The van der Waals surface area contributed by atoms with Crippen LogP contribution in [0, 0.1) is 0 Å². The SMILES string of the molecule is CN=C(NCCCOCC1CCCO1)NCc1ccc(Br)cc1.I. The predicted molar refractivity (Wildman–Crippen MR) is 112 cm³/mol. The molecule has 1 aromatic carbocycles. The van der Waals surface area contributed by atoms with Crippen molar-refractivity contribution in [2.75, 3.05) is 33.4 Å². The van der Waals surface area contributed by atoms with Gasteiger partial charge in [0.1, 0.15) is 0 Å². The third kappa shape index (κ3) is 8.64. The minimum absolute atomic E-state index is 0. The van der Waals surface area contributed by atoms with Crippen LogP contribution in [0.1, 0.15) is 24.8 Å². The number of hydrogen-bond donors (Lipinski definition) is 2. The van der Waals surface area contributed by atoms with Crippen molar-refractivity contribution < 1.29 is 9.47 Å². The first-order valence-electron chi connectivity index (χ1n) is 8.16. The fraction of sp³-hybridized carbons (Fsp3) is 0.588. The molecule has 1 unspecified atom stereocenters. The van der Waals surface area contributed by atoms with E-state index < -0.39 is 0 Å². The summed E-state index contributed by atoms with van der Waals surface area (Å²) in [6.07, 6.45) is 3.55. The van der Waals surface area contributed by atoms with E-state index in [-0.39, 0.29) is 24.0 Å². The molecule has 0 aromatic heterocycles. The summed E-state index contributed by atoms with van der Waals surface area (Å²) in [6, 6.07) is 8.25. The van der Waals surface area contributed by atoms with Gasteiger partial charge in [0.2, 0.25) is 0 Å². The van der Waals surface area contributed by atoms with Crippen molar-refractivity contribution in [1.29, 1.82) is 0 Å². The van der Waals surface area contributed by atoms with Crippen molar-refractivity contribution in [1.82, 2.24) is 10.6 Å². The molecule has 5 nitrogen and oxygen atoms in total. The summed E-state index contributed by atoms with van der Waals surface area (Å²) in [5, 5.41) is 6.60. The first-order chi connectivity index (χ1) is 11.3. The molecule has 1 aliphatic heterocycles. The lowest BCUT2D eigenvalue weighted by atomic mass is 10.2. The lowest BCUT2D eigenvalue weighted by molar-refractivity contribution is 0.0168. The molecule has 1 saturated heterocycles. The Balaban J connectivity index is 0.00000288. The standard InChI is InChI=1S/C17H26BrN3O2.HI/c1-19-17(21-12-14-5-7-15(18)8-6-14)20-9-3-10-22-13-16-4-2-11-23-16;/h5-8,16H,2-4,9-13H2,1H3,(H2,19,20,21);1H. The van der Waals surface area contributed by atoms with Gasteiger partial charge < -0.3 is 20.1 Å². The van der Waals surface area contributed by atoms with Gasteiger partial charge in [0.05, 0.1) is 12.7 Å². The Morgan fingerprint density at radius 2 is 2.12 bits per heavy atom. The second-order valence-corrected chi connectivity index (χ2v) is 6.46. The zero-order chi connectivity index (χ0) is 16.3. The van der Waals surface area contributed by atoms with Crippen LogP contribution in [0.15, 0.2) is 33.7 Å². The van der Waals surface area contributed by atoms with E-state index in [0.29, 0.717) is 6.10 Å². The molecule has 0 spiro atoms. The molecule has 1 heterocycles. The summed E-state index contributed by atoms with van der Waals surface area (Å²) in [7, 11) is 1.78. The topological polar surface area (TPSA) is 54.9 Å². The Morgan fingerprint density at radius 3 is 2.79 bits per heavy atom. The Hall–Kier alpha value is -0.380.